The van der Waals surface area contributed by atoms with Gasteiger partial charge < -0.3 is 9.30 Å². The number of aromatic nitrogens is 2. The number of benzene rings is 2. The molecule has 3 aromatic rings. The Morgan fingerprint density at radius 1 is 1.17 bits per heavy atom. The number of nitrogens with zero attached hydrogens (tertiary/aromatic N) is 2. The predicted molar refractivity (Wildman–Crippen MR) is 92.2 cm³/mol. The molecular formula is C18H18F2N2OS. The van der Waals surface area contributed by atoms with Gasteiger partial charge in [-0.05, 0) is 36.8 Å². The number of fused-ring (bicyclic) bond motifs is 1. The van der Waals surface area contributed by atoms with Crippen LogP contribution < -0.4 is 0 Å². The van der Waals surface area contributed by atoms with Crippen molar-refractivity contribution in [1.29, 1.82) is 0 Å². The van der Waals surface area contributed by atoms with Crippen LogP contribution in [0.4, 0.5) is 8.78 Å². The van der Waals surface area contributed by atoms with Crippen LogP contribution in [-0.2, 0) is 11.3 Å². The molecule has 2 aromatic carbocycles. The van der Waals surface area contributed by atoms with E-state index < -0.39 is 11.6 Å². The third kappa shape index (κ3) is 3.44. The first kappa shape index (κ1) is 16.9. The molecule has 3 rings (SSSR count). The second-order valence-corrected chi connectivity index (χ2v) is 6.77. The number of hydrogen-bond donors (Lipinski definition) is 0. The van der Waals surface area contributed by atoms with Gasteiger partial charge in [-0.1, -0.05) is 30.0 Å². The fourth-order valence-corrected chi connectivity index (χ4v) is 3.60. The fourth-order valence-electron chi connectivity index (χ4n) is 2.53. The summed E-state index contributed by atoms with van der Waals surface area (Å²) in [4.78, 5) is 4.67. The fraction of sp³-hybridized carbons (Fsp3) is 0.278. The van der Waals surface area contributed by atoms with E-state index in [1.165, 1.54) is 17.8 Å². The summed E-state index contributed by atoms with van der Waals surface area (Å²) in [5, 5.41) is 0.781. The molecule has 0 aliphatic rings. The third-order valence-corrected chi connectivity index (χ3v) is 4.98. The molecule has 1 heterocycles. The summed E-state index contributed by atoms with van der Waals surface area (Å²) < 4.78 is 33.9. The van der Waals surface area contributed by atoms with E-state index in [1.807, 2.05) is 31.2 Å². The molecule has 0 amide bonds. The van der Waals surface area contributed by atoms with Crippen LogP contribution in [0.15, 0.2) is 47.6 Å². The Hall–Kier alpha value is -1.92. The number of hydrogen-bond acceptors (Lipinski definition) is 3. The zero-order valence-electron chi connectivity index (χ0n) is 13.5. The average Bonchev–Trinajstić information content (AvgIpc) is 2.92. The minimum atomic E-state index is -0.830. The summed E-state index contributed by atoms with van der Waals surface area (Å²) in [6, 6.07) is 11.9. The van der Waals surface area contributed by atoms with Gasteiger partial charge in [0.15, 0.2) is 16.8 Å². The van der Waals surface area contributed by atoms with Gasteiger partial charge >= 0.3 is 0 Å². The quantitative estimate of drug-likeness (QED) is 0.598. The Morgan fingerprint density at radius 3 is 2.71 bits per heavy atom. The van der Waals surface area contributed by atoms with Crippen LogP contribution in [0.2, 0.25) is 0 Å². The number of imidazole rings is 1. The zero-order chi connectivity index (χ0) is 17.1. The van der Waals surface area contributed by atoms with Gasteiger partial charge in [-0.15, -0.1) is 0 Å². The van der Waals surface area contributed by atoms with Crippen molar-refractivity contribution >= 4 is 22.8 Å². The molecule has 0 spiro atoms. The number of methoxy groups -OCH3 is 1. The van der Waals surface area contributed by atoms with Gasteiger partial charge in [0.1, 0.15) is 0 Å². The van der Waals surface area contributed by atoms with Crippen LogP contribution in [0.3, 0.4) is 0 Å². The number of halogens is 2. The highest BCUT2D eigenvalue weighted by Crippen LogP contribution is 2.36. The summed E-state index contributed by atoms with van der Waals surface area (Å²) in [6.07, 6.45) is 0. The first-order valence-corrected chi connectivity index (χ1v) is 8.54. The topological polar surface area (TPSA) is 27.1 Å². The lowest BCUT2D eigenvalue weighted by atomic mass is 10.1. The molecule has 1 atom stereocenters. The van der Waals surface area contributed by atoms with Crippen LogP contribution in [0.25, 0.3) is 11.0 Å². The van der Waals surface area contributed by atoms with Crippen molar-refractivity contribution in [2.75, 3.05) is 13.7 Å². The highest BCUT2D eigenvalue weighted by Gasteiger charge is 2.16. The molecule has 0 bridgehead atoms. The van der Waals surface area contributed by atoms with Crippen molar-refractivity contribution in [1.82, 2.24) is 9.55 Å². The van der Waals surface area contributed by atoms with E-state index >= 15 is 0 Å². The van der Waals surface area contributed by atoms with Crippen LogP contribution in [0, 0.1) is 11.6 Å². The lowest BCUT2D eigenvalue weighted by molar-refractivity contribution is 0.186. The minimum absolute atomic E-state index is 0.0572. The van der Waals surface area contributed by atoms with Crippen LogP contribution in [0.1, 0.15) is 17.7 Å². The molecule has 24 heavy (non-hydrogen) atoms. The molecular weight excluding hydrogens is 330 g/mol. The normalized spacial score (nSPS) is 12.7. The maximum Gasteiger partial charge on any atom is 0.169 e. The van der Waals surface area contributed by atoms with Gasteiger partial charge in [0, 0.05) is 18.9 Å². The standard InChI is InChI=1S/C18H18F2N2OS/c1-12(13-7-8-14(19)15(20)11-13)24-18-21-16-5-3-4-6-17(16)22(18)9-10-23-2/h3-8,11-12H,9-10H2,1-2H3. The van der Waals surface area contributed by atoms with Crippen molar-refractivity contribution in [2.45, 2.75) is 23.9 Å². The lowest BCUT2D eigenvalue weighted by Crippen LogP contribution is -2.06. The summed E-state index contributed by atoms with van der Waals surface area (Å²) in [5.74, 6) is -1.66. The van der Waals surface area contributed by atoms with Gasteiger partial charge in [0.25, 0.3) is 0 Å². The molecule has 126 valence electrons. The first-order valence-electron chi connectivity index (χ1n) is 7.66. The highest BCUT2D eigenvalue weighted by molar-refractivity contribution is 7.99. The van der Waals surface area contributed by atoms with E-state index in [9.17, 15) is 8.78 Å². The Kier molecular flexibility index (Phi) is 5.16. The molecule has 0 aliphatic carbocycles. The summed E-state index contributed by atoms with van der Waals surface area (Å²) in [5.41, 5.74) is 2.67. The van der Waals surface area contributed by atoms with Crippen molar-refractivity contribution in [3.05, 3.63) is 59.7 Å². The molecule has 1 aromatic heterocycles. The SMILES string of the molecule is COCCn1c(SC(C)c2ccc(F)c(F)c2)nc2ccccc21. The molecule has 0 saturated heterocycles. The minimum Gasteiger partial charge on any atom is -0.383 e. The van der Waals surface area contributed by atoms with Gasteiger partial charge in [-0.25, -0.2) is 13.8 Å². The molecule has 0 N–H and O–H groups in total. The largest absolute Gasteiger partial charge is 0.383 e. The van der Waals surface area contributed by atoms with Gasteiger partial charge in [-0.2, -0.15) is 0 Å². The lowest BCUT2D eigenvalue weighted by Gasteiger charge is -2.13. The molecule has 0 fully saturated rings. The smallest absolute Gasteiger partial charge is 0.169 e. The second-order valence-electron chi connectivity index (χ2n) is 5.46. The maximum absolute atomic E-state index is 13.5. The van der Waals surface area contributed by atoms with E-state index in [4.69, 9.17) is 4.74 Å². The highest BCUT2D eigenvalue weighted by atomic mass is 32.2. The predicted octanol–water partition coefficient (Wildman–Crippen LogP) is 4.81. The van der Waals surface area contributed by atoms with E-state index in [0.29, 0.717) is 13.2 Å². The second kappa shape index (κ2) is 7.32. The molecule has 0 aliphatic heterocycles. The van der Waals surface area contributed by atoms with Gasteiger partial charge in [-0.3, -0.25) is 0 Å². The van der Waals surface area contributed by atoms with Crippen molar-refractivity contribution in [2.24, 2.45) is 0 Å². The number of ether oxygens (including phenoxy) is 1. The van der Waals surface area contributed by atoms with E-state index in [2.05, 4.69) is 9.55 Å². The van der Waals surface area contributed by atoms with Crippen molar-refractivity contribution in [3.8, 4) is 0 Å². The number of para-hydroxylation sites is 2. The Bertz CT molecular complexity index is 850. The van der Waals surface area contributed by atoms with Crippen molar-refractivity contribution < 1.29 is 13.5 Å². The number of thioether (sulfide) groups is 1. The third-order valence-electron chi connectivity index (χ3n) is 3.83. The number of rotatable bonds is 6. The Morgan fingerprint density at radius 2 is 1.96 bits per heavy atom. The molecule has 0 radical (unpaired) electrons. The monoisotopic (exact) mass is 348 g/mol. The van der Waals surface area contributed by atoms with Crippen LogP contribution in [0.5, 0.6) is 0 Å². The summed E-state index contributed by atoms with van der Waals surface area (Å²) in [6.45, 7) is 3.22. The Labute approximate surface area is 143 Å². The van der Waals surface area contributed by atoms with Crippen molar-refractivity contribution in [3.63, 3.8) is 0 Å². The zero-order valence-corrected chi connectivity index (χ0v) is 14.3. The van der Waals surface area contributed by atoms with E-state index in [0.717, 1.165) is 27.8 Å². The average molecular weight is 348 g/mol. The maximum atomic E-state index is 13.5. The molecule has 3 nitrogen and oxygen atoms in total. The van der Waals surface area contributed by atoms with Crippen LogP contribution >= 0.6 is 11.8 Å². The molecule has 1 unspecified atom stereocenters. The summed E-state index contributed by atoms with van der Waals surface area (Å²) >= 11 is 1.52. The molecule has 6 heteroatoms. The molecule has 0 saturated carbocycles. The van der Waals surface area contributed by atoms with E-state index in [-0.39, 0.29) is 5.25 Å². The summed E-state index contributed by atoms with van der Waals surface area (Å²) in [7, 11) is 1.66. The van der Waals surface area contributed by atoms with E-state index in [1.54, 1.807) is 13.2 Å². The van der Waals surface area contributed by atoms with Gasteiger partial charge in [0.05, 0.1) is 17.6 Å². The first-order chi connectivity index (χ1) is 11.6. The Balaban J connectivity index is 1.91. The van der Waals surface area contributed by atoms with Gasteiger partial charge in [0.2, 0.25) is 0 Å². The van der Waals surface area contributed by atoms with Crippen LogP contribution in [-0.4, -0.2) is 23.3 Å².